The van der Waals surface area contributed by atoms with Gasteiger partial charge in [-0.25, -0.2) is 0 Å². The van der Waals surface area contributed by atoms with Gasteiger partial charge in [-0.3, -0.25) is 4.79 Å². The lowest BCUT2D eigenvalue weighted by molar-refractivity contribution is -0.121. The number of aromatic hydroxyl groups is 1. The molecule has 0 aromatic heterocycles. The molecule has 0 aliphatic heterocycles. The van der Waals surface area contributed by atoms with Crippen LogP contribution in [0.5, 0.6) is 5.75 Å². The molecule has 23 heavy (non-hydrogen) atoms. The van der Waals surface area contributed by atoms with Crippen molar-refractivity contribution in [2.75, 3.05) is 0 Å². The molecular weight excluding hydrogens is 286 g/mol. The smallest absolute Gasteiger partial charge is 0.224 e. The lowest BCUT2D eigenvalue weighted by atomic mass is 9.92. The Morgan fingerprint density at radius 1 is 1.22 bits per heavy atom. The van der Waals surface area contributed by atoms with Crippen LogP contribution in [0.3, 0.4) is 0 Å². The summed E-state index contributed by atoms with van der Waals surface area (Å²) in [5, 5.41) is 12.4. The largest absolute Gasteiger partial charge is 0.508 e. The summed E-state index contributed by atoms with van der Waals surface area (Å²) in [5.41, 5.74) is 5.05. The summed E-state index contributed by atoms with van der Waals surface area (Å²) in [7, 11) is 0. The number of aryl methyl sites for hydroxylation is 1. The van der Waals surface area contributed by atoms with Crippen LogP contribution in [0.2, 0.25) is 0 Å². The van der Waals surface area contributed by atoms with Crippen molar-refractivity contribution in [1.29, 1.82) is 0 Å². The van der Waals surface area contributed by atoms with Crippen LogP contribution >= 0.6 is 0 Å². The fourth-order valence-corrected chi connectivity index (χ4v) is 2.86. The second-order valence-corrected chi connectivity index (χ2v) is 6.65. The van der Waals surface area contributed by atoms with Gasteiger partial charge in [0.15, 0.2) is 0 Å². The van der Waals surface area contributed by atoms with Crippen LogP contribution in [0.4, 0.5) is 0 Å². The minimum atomic E-state index is 0.100. The Kier molecular flexibility index (Phi) is 6.03. The van der Waals surface area contributed by atoms with Gasteiger partial charge < -0.3 is 10.4 Å². The van der Waals surface area contributed by atoms with Gasteiger partial charge in [0, 0.05) is 6.04 Å². The van der Waals surface area contributed by atoms with Gasteiger partial charge in [-0.05, 0) is 69.7 Å². The SMILES string of the molecule is CC1=CC(CC(=O)NC(C)CCc2ccc(O)cc2)=C(C)CC1. The van der Waals surface area contributed by atoms with Gasteiger partial charge in [-0.2, -0.15) is 0 Å². The summed E-state index contributed by atoms with van der Waals surface area (Å²) in [5.74, 6) is 0.387. The molecule has 0 bridgehead atoms. The van der Waals surface area contributed by atoms with Crippen LogP contribution in [0.1, 0.15) is 52.0 Å². The molecule has 0 saturated carbocycles. The molecule has 0 fully saturated rings. The third-order valence-corrected chi connectivity index (χ3v) is 4.42. The zero-order valence-electron chi connectivity index (χ0n) is 14.4. The Morgan fingerprint density at radius 3 is 2.61 bits per heavy atom. The number of phenolic OH excluding ortho intramolecular Hbond substituents is 1. The van der Waals surface area contributed by atoms with E-state index in [0.29, 0.717) is 6.42 Å². The summed E-state index contributed by atoms with van der Waals surface area (Å²) in [6.07, 6.45) is 6.61. The van der Waals surface area contributed by atoms with Crippen LogP contribution in [-0.4, -0.2) is 17.1 Å². The van der Waals surface area contributed by atoms with Gasteiger partial charge >= 0.3 is 0 Å². The number of carbonyl (C=O) groups is 1. The highest BCUT2D eigenvalue weighted by atomic mass is 16.3. The fourth-order valence-electron chi connectivity index (χ4n) is 2.86. The van der Waals surface area contributed by atoms with Crippen molar-refractivity contribution in [3.8, 4) is 5.75 Å². The molecule has 3 nitrogen and oxygen atoms in total. The van der Waals surface area contributed by atoms with Crippen molar-refractivity contribution in [2.24, 2.45) is 0 Å². The molecule has 3 heteroatoms. The summed E-state index contributed by atoms with van der Waals surface area (Å²) < 4.78 is 0. The second kappa shape index (κ2) is 8.00. The number of hydrogen-bond acceptors (Lipinski definition) is 2. The normalized spacial score (nSPS) is 16.0. The van der Waals surface area contributed by atoms with Crippen LogP contribution < -0.4 is 5.32 Å². The summed E-state index contributed by atoms with van der Waals surface area (Å²) >= 11 is 0. The number of rotatable bonds is 6. The first-order chi connectivity index (χ1) is 10.9. The Morgan fingerprint density at radius 2 is 1.91 bits per heavy atom. The Balaban J connectivity index is 1.79. The number of benzene rings is 1. The minimum absolute atomic E-state index is 0.100. The molecule has 2 N–H and O–H groups in total. The van der Waals surface area contributed by atoms with Crippen LogP contribution in [-0.2, 0) is 11.2 Å². The van der Waals surface area contributed by atoms with Gasteiger partial charge in [0.1, 0.15) is 5.75 Å². The molecule has 1 aliphatic rings. The molecule has 1 aromatic rings. The molecule has 1 aliphatic carbocycles. The fraction of sp³-hybridized carbons (Fsp3) is 0.450. The van der Waals surface area contributed by atoms with Crippen molar-refractivity contribution < 1.29 is 9.90 Å². The average Bonchev–Trinajstić information content (AvgIpc) is 2.50. The van der Waals surface area contributed by atoms with E-state index in [2.05, 4.69) is 25.2 Å². The van der Waals surface area contributed by atoms with E-state index in [1.807, 2.05) is 19.1 Å². The van der Waals surface area contributed by atoms with Crippen molar-refractivity contribution in [1.82, 2.24) is 5.32 Å². The van der Waals surface area contributed by atoms with Crippen molar-refractivity contribution in [3.05, 3.63) is 52.6 Å². The molecule has 2 rings (SSSR count). The third kappa shape index (κ3) is 5.59. The molecule has 1 atom stereocenters. The second-order valence-electron chi connectivity index (χ2n) is 6.65. The van der Waals surface area contributed by atoms with Crippen LogP contribution in [0, 0.1) is 0 Å². The number of carbonyl (C=O) groups excluding carboxylic acids is 1. The molecule has 1 aromatic carbocycles. The summed E-state index contributed by atoms with van der Waals surface area (Å²) in [6.45, 7) is 6.30. The highest BCUT2D eigenvalue weighted by molar-refractivity contribution is 5.79. The zero-order valence-corrected chi connectivity index (χ0v) is 14.4. The number of hydrogen-bond donors (Lipinski definition) is 2. The Bertz CT molecular complexity index is 611. The first-order valence-electron chi connectivity index (χ1n) is 8.37. The van der Waals surface area contributed by atoms with Crippen molar-refractivity contribution in [3.63, 3.8) is 0 Å². The van der Waals surface area contributed by atoms with Crippen molar-refractivity contribution in [2.45, 2.75) is 58.9 Å². The molecule has 0 heterocycles. The van der Waals surface area contributed by atoms with Gasteiger partial charge in [-0.15, -0.1) is 0 Å². The molecule has 0 radical (unpaired) electrons. The predicted molar refractivity (Wildman–Crippen MR) is 94.3 cm³/mol. The summed E-state index contributed by atoms with van der Waals surface area (Å²) in [4.78, 5) is 12.2. The van der Waals surface area contributed by atoms with Crippen LogP contribution in [0.15, 0.2) is 47.1 Å². The number of phenols is 1. The Hall–Kier alpha value is -2.03. The van der Waals surface area contributed by atoms with E-state index in [4.69, 9.17) is 0 Å². The van der Waals surface area contributed by atoms with E-state index >= 15 is 0 Å². The monoisotopic (exact) mass is 313 g/mol. The van der Waals surface area contributed by atoms with E-state index < -0.39 is 0 Å². The van der Waals surface area contributed by atoms with Gasteiger partial charge in [0.05, 0.1) is 6.42 Å². The maximum atomic E-state index is 12.2. The molecular formula is C20H27NO2. The maximum Gasteiger partial charge on any atom is 0.224 e. The van der Waals surface area contributed by atoms with E-state index in [-0.39, 0.29) is 17.7 Å². The Labute approximate surface area is 139 Å². The van der Waals surface area contributed by atoms with E-state index in [0.717, 1.165) is 25.7 Å². The first-order valence-corrected chi connectivity index (χ1v) is 8.37. The molecule has 1 unspecified atom stereocenters. The zero-order chi connectivity index (χ0) is 16.8. The van der Waals surface area contributed by atoms with Gasteiger partial charge in [0.25, 0.3) is 0 Å². The minimum Gasteiger partial charge on any atom is -0.508 e. The standard InChI is InChI=1S/C20H27NO2/c1-14-4-5-15(2)18(12-14)13-20(23)21-16(3)6-7-17-8-10-19(22)11-9-17/h8-12,16,22H,4-7,13H2,1-3H3,(H,21,23). The molecule has 0 spiro atoms. The lowest BCUT2D eigenvalue weighted by Crippen LogP contribution is -2.33. The number of nitrogens with one attached hydrogen (secondary N) is 1. The molecule has 1 amide bonds. The van der Waals surface area contributed by atoms with E-state index in [1.54, 1.807) is 12.1 Å². The quantitative estimate of drug-likeness (QED) is 0.823. The van der Waals surface area contributed by atoms with E-state index in [9.17, 15) is 9.90 Å². The maximum absolute atomic E-state index is 12.2. The molecule has 0 saturated heterocycles. The first kappa shape index (κ1) is 17.3. The van der Waals surface area contributed by atoms with Gasteiger partial charge in [0.2, 0.25) is 5.91 Å². The molecule has 124 valence electrons. The lowest BCUT2D eigenvalue weighted by Gasteiger charge is -2.18. The average molecular weight is 313 g/mol. The number of amides is 1. The highest BCUT2D eigenvalue weighted by Crippen LogP contribution is 2.25. The highest BCUT2D eigenvalue weighted by Gasteiger charge is 2.13. The topological polar surface area (TPSA) is 49.3 Å². The van der Waals surface area contributed by atoms with Crippen molar-refractivity contribution >= 4 is 5.91 Å². The van der Waals surface area contributed by atoms with Crippen LogP contribution in [0.25, 0.3) is 0 Å². The number of allylic oxidation sites excluding steroid dienone is 3. The summed E-state index contributed by atoms with van der Waals surface area (Å²) in [6, 6.07) is 7.39. The third-order valence-electron chi connectivity index (χ3n) is 4.42. The van der Waals surface area contributed by atoms with Gasteiger partial charge in [-0.1, -0.05) is 29.4 Å². The van der Waals surface area contributed by atoms with E-state index in [1.165, 1.54) is 22.3 Å². The predicted octanol–water partition coefficient (Wildman–Crippen LogP) is 4.28.